The summed E-state index contributed by atoms with van der Waals surface area (Å²) >= 11 is 0. The van der Waals surface area contributed by atoms with Crippen molar-refractivity contribution < 1.29 is 19.5 Å². The summed E-state index contributed by atoms with van der Waals surface area (Å²) < 4.78 is 0. The summed E-state index contributed by atoms with van der Waals surface area (Å²) in [5, 5.41) is 12.2. The normalized spacial score (nSPS) is 22.5. The Labute approximate surface area is 128 Å². The van der Waals surface area contributed by atoms with Gasteiger partial charge in [0.2, 0.25) is 11.8 Å². The minimum atomic E-state index is -1.06. The van der Waals surface area contributed by atoms with Crippen LogP contribution in [0.2, 0.25) is 0 Å². The number of hydrogen-bond acceptors (Lipinski definition) is 3. The van der Waals surface area contributed by atoms with Gasteiger partial charge >= 0.3 is 5.97 Å². The number of nitrogens with zero attached hydrogens (tertiary/aromatic N) is 1. The van der Waals surface area contributed by atoms with Crippen molar-refractivity contribution in [3.63, 3.8) is 0 Å². The van der Waals surface area contributed by atoms with Crippen LogP contribution in [0.15, 0.2) is 30.3 Å². The summed E-state index contributed by atoms with van der Waals surface area (Å²) in [4.78, 5) is 37.2. The number of amides is 2. The molecule has 22 heavy (non-hydrogen) atoms. The summed E-state index contributed by atoms with van der Waals surface area (Å²) in [7, 11) is 0. The molecule has 0 unspecified atom stereocenters. The van der Waals surface area contributed by atoms with E-state index in [1.807, 2.05) is 0 Å². The van der Waals surface area contributed by atoms with E-state index in [2.05, 4.69) is 5.32 Å². The number of hydrogen-bond donors (Lipinski definition) is 2. The van der Waals surface area contributed by atoms with E-state index in [0.717, 1.165) is 12.8 Å². The van der Waals surface area contributed by atoms with Crippen molar-refractivity contribution in [3.8, 4) is 0 Å². The molecular formula is C16H18N2O4. The summed E-state index contributed by atoms with van der Waals surface area (Å²) in [5.74, 6) is -1.43. The Balaban J connectivity index is 1.74. The van der Waals surface area contributed by atoms with Crippen LogP contribution in [0.25, 0.3) is 0 Å². The van der Waals surface area contributed by atoms with Gasteiger partial charge in [0.25, 0.3) is 0 Å². The highest BCUT2D eigenvalue weighted by Gasteiger charge is 2.41. The van der Waals surface area contributed by atoms with Crippen molar-refractivity contribution >= 4 is 17.8 Å². The molecule has 1 aliphatic carbocycles. The minimum absolute atomic E-state index is 0.0336. The molecule has 0 radical (unpaired) electrons. The summed E-state index contributed by atoms with van der Waals surface area (Å²) in [6.45, 7) is 0.334. The zero-order valence-corrected chi connectivity index (χ0v) is 12.1. The molecule has 0 spiro atoms. The van der Waals surface area contributed by atoms with Crippen LogP contribution >= 0.6 is 0 Å². The van der Waals surface area contributed by atoms with Gasteiger partial charge < -0.3 is 15.3 Å². The van der Waals surface area contributed by atoms with Gasteiger partial charge in [0.15, 0.2) is 6.04 Å². The molecule has 0 bridgehead atoms. The lowest BCUT2D eigenvalue weighted by atomic mass is 10.1. The molecule has 0 aromatic heterocycles. The number of carboxylic acid groups (broad SMARTS) is 1. The van der Waals surface area contributed by atoms with Gasteiger partial charge in [0, 0.05) is 12.5 Å². The number of rotatable bonds is 5. The molecule has 2 fully saturated rings. The van der Waals surface area contributed by atoms with Crippen LogP contribution in [0.4, 0.5) is 0 Å². The Morgan fingerprint density at radius 1 is 1.18 bits per heavy atom. The van der Waals surface area contributed by atoms with Crippen molar-refractivity contribution in [1.29, 1.82) is 0 Å². The second-order valence-corrected chi connectivity index (χ2v) is 5.81. The van der Waals surface area contributed by atoms with E-state index in [4.69, 9.17) is 0 Å². The van der Waals surface area contributed by atoms with E-state index >= 15 is 0 Å². The maximum atomic E-state index is 12.5. The predicted octanol–water partition coefficient (Wildman–Crippen LogP) is 0.939. The average molecular weight is 302 g/mol. The molecular weight excluding hydrogens is 284 g/mol. The maximum absolute atomic E-state index is 12.5. The highest BCUT2D eigenvalue weighted by atomic mass is 16.4. The highest BCUT2D eigenvalue weighted by molar-refractivity contribution is 5.93. The third-order valence-corrected chi connectivity index (χ3v) is 4.17. The smallest absolute Gasteiger partial charge is 0.331 e. The molecule has 1 heterocycles. The van der Waals surface area contributed by atoms with E-state index in [-0.39, 0.29) is 17.7 Å². The van der Waals surface area contributed by atoms with Crippen molar-refractivity contribution in [2.75, 3.05) is 6.54 Å². The van der Waals surface area contributed by atoms with Gasteiger partial charge in [-0.2, -0.15) is 0 Å². The maximum Gasteiger partial charge on any atom is 0.331 e. The first-order chi connectivity index (χ1) is 10.6. The lowest BCUT2D eigenvalue weighted by Gasteiger charge is -2.25. The third kappa shape index (κ3) is 2.81. The van der Waals surface area contributed by atoms with Crippen molar-refractivity contribution in [3.05, 3.63) is 35.9 Å². The highest BCUT2D eigenvalue weighted by Crippen LogP contribution is 2.30. The fourth-order valence-electron chi connectivity index (χ4n) is 2.82. The van der Waals surface area contributed by atoms with Crippen LogP contribution in [-0.4, -0.2) is 40.4 Å². The molecule has 1 saturated carbocycles. The average Bonchev–Trinajstić information content (AvgIpc) is 3.29. The van der Waals surface area contributed by atoms with Crippen LogP contribution in [0.1, 0.15) is 30.9 Å². The molecule has 116 valence electrons. The van der Waals surface area contributed by atoms with E-state index < -0.39 is 18.1 Å². The van der Waals surface area contributed by atoms with Crippen molar-refractivity contribution in [2.24, 2.45) is 5.92 Å². The van der Waals surface area contributed by atoms with Gasteiger partial charge in [0.05, 0.1) is 0 Å². The first-order valence-electron chi connectivity index (χ1n) is 7.46. The van der Waals surface area contributed by atoms with Gasteiger partial charge in [-0.1, -0.05) is 30.3 Å². The third-order valence-electron chi connectivity index (χ3n) is 4.17. The Morgan fingerprint density at radius 2 is 1.86 bits per heavy atom. The first-order valence-corrected chi connectivity index (χ1v) is 7.46. The Kier molecular flexibility index (Phi) is 3.83. The lowest BCUT2D eigenvalue weighted by molar-refractivity contribution is -0.149. The van der Waals surface area contributed by atoms with Gasteiger partial charge in [-0.3, -0.25) is 9.59 Å². The largest absolute Gasteiger partial charge is 0.479 e. The van der Waals surface area contributed by atoms with E-state index in [0.29, 0.717) is 18.5 Å². The molecule has 6 heteroatoms. The number of carbonyl (C=O) groups is 3. The van der Waals surface area contributed by atoms with Gasteiger partial charge in [-0.25, -0.2) is 4.79 Å². The first kappa shape index (κ1) is 14.6. The van der Waals surface area contributed by atoms with Crippen LogP contribution in [0.3, 0.4) is 0 Å². The quantitative estimate of drug-likeness (QED) is 0.847. The van der Waals surface area contributed by atoms with Crippen molar-refractivity contribution in [2.45, 2.75) is 31.3 Å². The molecule has 3 rings (SSSR count). The second kappa shape index (κ2) is 5.79. The second-order valence-electron chi connectivity index (χ2n) is 5.81. The Bertz CT molecular complexity index is 597. The molecule has 1 aromatic rings. The fourth-order valence-corrected chi connectivity index (χ4v) is 2.82. The topological polar surface area (TPSA) is 86.7 Å². The number of carbonyl (C=O) groups excluding carboxylic acids is 2. The van der Waals surface area contributed by atoms with Crippen molar-refractivity contribution in [1.82, 2.24) is 10.2 Å². The molecule has 2 N–H and O–H groups in total. The number of nitrogens with one attached hydrogen (secondary N) is 1. The van der Waals surface area contributed by atoms with Crippen LogP contribution in [0.5, 0.6) is 0 Å². The van der Waals surface area contributed by atoms with Crippen LogP contribution in [-0.2, 0) is 14.4 Å². The molecule has 2 aliphatic rings. The zero-order chi connectivity index (χ0) is 15.7. The zero-order valence-electron chi connectivity index (χ0n) is 12.1. The van der Waals surface area contributed by atoms with E-state index in [9.17, 15) is 19.5 Å². The van der Waals surface area contributed by atoms with E-state index in [1.165, 1.54) is 4.90 Å². The summed E-state index contributed by atoms with van der Waals surface area (Å²) in [6, 6.07) is 7.09. The van der Waals surface area contributed by atoms with Gasteiger partial charge in [-0.05, 0) is 24.8 Å². The number of benzene rings is 1. The Morgan fingerprint density at radius 3 is 2.45 bits per heavy atom. The fraction of sp³-hybridized carbons (Fsp3) is 0.438. The SMILES string of the molecule is O=C(N[C@@H]1CCN([C@@H](C(=O)O)c2ccccc2)C1=O)C1CC1. The molecule has 6 nitrogen and oxygen atoms in total. The van der Waals surface area contributed by atoms with E-state index in [1.54, 1.807) is 30.3 Å². The van der Waals surface area contributed by atoms with Gasteiger partial charge in [-0.15, -0.1) is 0 Å². The molecule has 1 aromatic carbocycles. The molecule has 2 amide bonds. The monoisotopic (exact) mass is 302 g/mol. The Hall–Kier alpha value is -2.37. The summed E-state index contributed by atoms with van der Waals surface area (Å²) in [6.07, 6.45) is 2.20. The lowest BCUT2D eigenvalue weighted by Crippen LogP contribution is -2.44. The number of aliphatic carboxylic acids is 1. The number of likely N-dealkylation sites (tertiary alicyclic amines) is 1. The molecule has 1 saturated heterocycles. The summed E-state index contributed by atoms with van der Waals surface area (Å²) in [5.41, 5.74) is 0.567. The molecule has 1 aliphatic heterocycles. The van der Waals surface area contributed by atoms with Crippen LogP contribution < -0.4 is 5.32 Å². The number of carboxylic acids is 1. The predicted molar refractivity (Wildman–Crippen MR) is 77.8 cm³/mol. The minimum Gasteiger partial charge on any atom is -0.479 e. The standard InChI is InChI=1S/C16H18N2O4/c19-14(11-6-7-11)17-12-8-9-18(15(12)20)13(16(21)22)10-4-2-1-3-5-10/h1-5,11-13H,6-9H2,(H,17,19)(H,21,22)/t12-,13-/m1/s1. The van der Waals surface area contributed by atoms with Crippen LogP contribution in [0, 0.1) is 5.92 Å². The van der Waals surface area contributed by atoms with Gasteiger partial charge in [0.1, 0.15) is 6.04 Å². The molecule has 2 atom stereocenters.